The highest BCUT2D eigenvalue weighted by Crippen LogP contribution is 2.31. The fraction of sp³-hybridized carbons (Fsp3) is 0.333. The number of rotatable bonds is 3. The van der Waals surface area contributed by atoms with Gasteiger partial charge in [-0.3, -0.25) is 9.69 Å². The molecular weight excluding hydrogens is 356 g/mol. The van der Waals surface area contributed by atoms with Crippen molar-refractivity contribution in [1.82, 2.24) is 19.2 Å². The summed E-state index contributed by atoms with van der Waals surface area (Å²) in [4.78, 5) is 21.5. The van der Waals surface area contributed by atoms with Crippen LogP contribution in [0.1, 0.15) is 5.69 Å². The van der Waals surface area contributed by atoms with Crippen molar-refractivity contribution in [2.45, 2.75) is 12.6 Å². The molecule has 28 heavy (non-hydrogen) atoms. The van der Waals surface area contributed by atoms with Crippen molar-refractivity contribution in [2.75, 3.05) is 32.8 Å². The Labute approximate surface area is 163 Å². The Morgan fingerprint density at radius 1 is 1.04 bits per heavy atom. The Morgan fingerprint density at radius 2 is 1.82 bits per heavy atom. The third-order valence-electron chi connectivity index (χ3n) is 5.35. The second-order valence-corrected chi connectivity index (χ2v) is 7.14. The third-order valence-corrected chi connectivity index (χ3v) is 5.35. The van der Waals surface area contributed by atoms with Gasteiger partial charge in [0.1, 0.15) is 12.3 Å². The van der Waals surface area contributed by atoms with E-state index in [0.29, 0.717) is 24.6 Å². The molecule has 5 rings (SSSR count). The molecule has 2 aliphatic rings. The van der Waals surface area contributed by atoms with Crippen LogP contribution in [0.4, 0.5) is 0 Å². The largest absolute Gasteiger partial charge is 0.485 e. The monoisotopic (exact) mass is 378 g/mol. The third kappa shape index (κ3) is 3.18. The molecule has 7 heteroatoms. The van der Waals surface area contributed by atoms with Crippen molar-refractivity contribution >= 4 is 11.6 Å². The van der Waals surface area contributed by atoms with Crippen molar-refractivity contribution in [2.24, 2.45) is 0 Å². The molecule has 0 saturated carbocycles. The van der Waals surface area contributed by atoms with E-state index in [1.54, 1.807) is 0 Å². The number of fused-ring (bicyclic) bond motifs is 2. The number of imidazole rings is 1. The van der Waals surface area contributed by atoms with Crippen molar-refractivity contribution in [1.29, 1.82) is 0 Å². The van der Waals surface area contributed by atoms with Crippen LogP contribution >= 0.6 is 0 Å². The maximum absolute atomic E-state index is 12.8. The average molecular weight is 378 g/mol. The van der Waals surface area contributed by atoms with E-state index in [-0.39, 0.29) is 12.5 Å². The summed E-state index contributed by atoms with van der Waals surface area (Å²) >= 11 is 0. The lowest BCUT2D eigenvalue weighted by Crippen LogP contribution is -2.53. The first-order valence-corrected chi connectivity index (χ1v) is 9.58. The molecule has 1 atom stereocenters. The van der Waals surface area contributed by atoms with Crippen LogP contribution in [0.5, 0.6) is 11.5 Å². The van der Waals surface area contributed by atoms with E-state index < -0.39 is 6.10 Å². The minimum absolute atomic E-state index is 0.00366. The lowest BCUT2D eigenvalue weighted by Gasteiger charge is -2.37. The predicted molar refractivity (Wildman–Crippen MR) is 103 cm³/mol. The number of benzene rings is 1. The lowest BCUT2D eigenvalue weighted by molar-refractivity contribution is -0.143. The number of pyridine rings is 1. The molecule has 144 valence electrons. The minimum Gasteiger partial charge on any atom is -0.485 e. The summed E-state index contributed by atoms with van der Waals surface area (Å²) in [5.41, 5.74) is 2.12. The van der Waals surface area contributed by atoms with Gasteiger partial charge in [-0.05, 0) is 24.3 Å². The summed E-state index contributed by atoms with van der Waals surface area (Å²) in [6, 6.07) is 13.5. The molecule has 2 aromatic heterocycles. The van der Waals surface area contributed by atoms with E-state index in [0.717, 1.165) is 31.0 Å². The highest BCUT2D eigenvalue weighted by Gasteiger charge is 2.32. The summed E-state index contributed by atoms with van der Waals surface area (Å²) in [5.74, 6) is 1.34. The first-order chi connectivity index (χ1) is 13.8. The van der Waals surface area contributed by atoms with Gasteiger partial charge in [0.05, 0.1) is 11.9 Å². The number of hydrogen-bond acceptors (Lipinski definition) is 5. The van der Waals surface area contributed by atoms with Gasteiger partial charge in [-0.15, -0.1) is 0 Å². The number of carbonyl (C=O) groups is 1. The molecule has 0 aliphatic carbocycles. The van der Waals surface area contributed by atoms with Crippen LogP contribution in [-0.2, 0) is 11.3 Å². The van der Waals surface area contributed by atoms with Gasteiger partial charge in [0, 0.05) is 38.9 Å². The number of carbonyl (C=O) groups excluding carboxylic acids is 1. The van der Waals surface area contributed by atoms with Gasteiger partial charge >= 0.3 is 0 Å². The van der Waals surface area contributed by atoms with Crippen LogP contribution in [0.3, 0.4) is 0 Å². The van der Waals surface area contributed by atoms with Gasteiger partial charge in [0.25, 0.3) is 5.91 Å². The second kappa shape index (κ2) is 7.16. The number of nitrogens with zero attached hydrogens (tertiary/aromatic N) is 4. The first-order valence-electron chi connectivity index (χ1n) is 9.58. The summed E-state index contributed by atoms with van der Waals surface area (Å²) in [7, 11) is 0. The van der Waals surface area contributed by atoms with Gasteiger partial charge in [-0.1, -0.05) is 18.2 Å². The van der Waals surface area contributed by atoms with E-state index >= 15 is 0 Å². The SMILES string of the molecule is O=C(C1COc2ccccc2O1)N1CCN(Cc2cnc3ccccn23)CC1. The van der Waals surface area contributed by atoms with Crippen molar-refractivity contribution in [3.8, 4) is 11.5 Å². The summed E-state index contributed by atoms with van der Waals surface area (Å²) in [5, 5.41) is 0. The Hall–Kier alpha value is -3.06. The number of amides is 1. The maximum Gasteiger partial charge on any atom is 0.267 e. The van der Waals surface area contributed by atoms with Crippen LogP contribution in [0, 0.1) is 0 Å². The molecule has 7 nitrogen and oxygen atoms in total. The van der Waals surface area contributed by atoms with Gasteiger partial charge < -0.3 is 18.8 Å². The van der Waals surface area contributed by atoms with E-state index in [1.165, 1.54) is 0 Å². The number of aromatic nitrogens is 2. The number of piperazine rings is 1. The summed E-state index contributed by atoms with van der Waals surface area (Å²) in [6.45, 7) is 4.13. The molecule has 1 amide bonds. The normalized spacial score (nSPS) is 19.7. The minimum atomic E-state index is -0.569. The summed E-state index contributed by atoms with van der Waals surface area (Å²) in [6.07, 6.45) is 3.40. The molecule has 0 spiro atoms. The number of hydrogen-bond donors (Lipinski definition) is 0. The van der Waals surface area contributed by atoms with Crippen LogP contribution in [0.2, 0.25) is 0 Å². The molecule has 2 aliphatic heterocycles. The van der Waals surface area contributed by atoms with Crippen molar-refractivity contribution in [3.63, 3.8) is 0 Å². The van der Waals surface area contributed by atoms with E-state index in [4.69, 9.17) is 9.47 Å². The smallest absolute Gasteiger partial charge is 0.267 e. The molecule has 1 aromatic carbocycles. The quantitative estimate of drug-likeness (QED) is 0.696. The topological polar surface area (TPSA) is 59.3 Å². The first kappa shape index (κ1) is 17.1. The zero-order valence-electron chi connectivity index (χ0n) is 15.5. The number of ether oxygens (including phenoxy) is 2. The van der Waals surface area contributed by atoms with Crippen molar-refractivity contribution < 1.29 is 14.3 Å². The molecule has 1 unspecified atom stereocenters. The van der Waals surface area contributed by atoms with Crippen LogP contribution in [0.25, 0.3) is 5.65 Å². The fourth-order valence-electron chi connectivity index (χ4n) is 3.80. The van der Waals surface area contributed by atoms with E-state index in [2.05, 4.69) is 14.3 Å². The molecule has 4 heterocycles. The zero-order chi connectivity index (χ0) is 18.9. The zero-order valence-corrected chi connectivity index (χ0v) is 15.5. The standard InChI is InChI=1S/C21H22N4O3/c26-21(19-15-27-17-5-1-2-6-18(17)28-19)24-11-9-23(10-12-24)14-16-13-22-20-7-3-4-8-25(16)20/h1-8,13,19H,9-12,14-15H2. The predicted octanol–water partition coefficient (Wildman–Crippen LogP) is 1.82. The Balaban J connectivity index is 1.19. The van der Waals surface area contributed by atoms with Gasteiger partial charge in [-0.2, -0.15) is 0 Å². The molecule has 0 radical (unpaired) electrons. The maximum atomic E-state index is 12.8. The van der Waals surface area contributed by atoms with Crippen LogP contribution in [-0.4, -0.2) is 64.0 Å². The van der Waals surface area contributed by atoms with Crippen LogP contribution in [0.15, 0.2) is 54.9 Å². The van der Waals surface area contributed by atoms with Gasteiger partial charge in [0.2, 0.25) is 6.10 Å². The Kier molecular flexibility index (Phi) is 4.37. The average Bonchev–Trinajstić information content (AvgIpc) is 3.16. The summed E-state index contributed by atoms with van der Waals surface area (Å²) < 4.78 is 13.7. The molecular formula is C21H22N4O3. The van der Waals surface area contributed by atoms with E-state index in [1.807, 2.05) is 59.8 Å². The van der Waals surface area contributed by atoms with Gasteiger partial charge in [-0.25, -0.2) is 4.98 Å². The highest BCUT2D eigenvalue weighted by atomic mass is 16.6. The molecule has 0 bridgehead atoms. The van der Waals surface area contributed by atoms with Crippen LogP contribution < -0.4 is 9.47 Å². The van der Waals surface area contributed by atoms with Gasteiger partial charge in [0.15, 0.2) is 11.5 Å². The Bertz CT molecular complexity index is 994. The Morgan fingerprint density at radius 3 is 2.68 bits per heavy atom. The van der Waals surface area contributed by atoms with E-state index in [9.17, 15) is 4.79 Å². The second-order valence-electron chi connectivity index (χ2n) is 7.14. The fourth-order valence-corrected chi connectivity index (χ4v) is 3.80. The molecule has 1 saturated heterocycles. The van der Waals surface area contributed by atoms with Crippen molar-refractivity contribution in [3.05, 3.63) is 60.6 Å². The lowest BCUT2D eigenvalue weighted by atomic mass is 10.2. The number of para-hydroxylation sites is 2. The molecule has 3 aromatic rings. The molecule has 0 N–H and O–H groups in total. The molecule has 1 fully saturated rings. The highest BCUT2D eigenvalue weighted by molar-refractivity contribution is 5.82.